The molecule has 0 radical (unpaired) electrons. The number of amides is 1. The van der Waals surface area contributed by atoms with Crippen LogP contribution in [0.2, 0.25) is 0 Å². The molecule has 0 unspecified atom stereocenters. The molecular formula is C14H19N3O2. The topological polar surface area (TPSA) is 56.7 Å². The first-order valence-corrected chi connectivity index (χ1v) is 6.81. The largest absolute Gasteiger partial charge is 0.465 e. The lowest BCUT2D eigenvalue weighted by molar-refractivity contribution is 0.0986. The lowest BCUT2D eigenvalue weighted by Crippen LogP contribution is -2.43. The molecule has 2 saturated heterocycles. The van der Waals surface area contributed by atoms with Crippen molar-refractivity contribution in [2.75, 3.05) is 31.1 Å². The van der Waals surface area contributed by atoms with Crippen LogP contribution in [0.4, 0.5) is 10.5 Å². The Hall–Kier alpha value is -1.78. The van der Waals surface area contributed by atoms with Crippen molar-refractivity contribution in [3.05, 3.63) is 24.5 Å². The van der Waals surface area contributed by atoms with Crippen molar-refractivity contribution in [1.29, 1.82) is 0 Å². The first-order valence-electron chi connectivity index (χ1n) is 6.81. The summed E-state index contributed by atoms with van der Waals surface area (Å²) in [6, 6.07) is 4.09. The third kappa shape index (κ3) is 2.37. The third-order valence-corrected chi connectivity index (χ3v) is 4.56. The summed E-state index contributed by atoms with van der Waals surface area (Å²) in [5.41, 5.74) is 1.54. The number of hydrogen-bond donors (Lipinski definition) is 1. The summed E-state index contributed by atoms with van der Waals surface area (Å²) in [4.78, 5) is 18.9. The van der Waals surface area contributed by atoms with Crippen molar-refractivity contribution in [3.63, 3.8) is 0 Å². The summed E-state index contributed by atoms with van der Waals surface area (Å²) in [6.07, 6.45) is 6.02. The summed E-state index contributed by atoms with van der Waals surface area (Å²) in [7, 11) is 0. The van der Waals surface area contributed by atoms with Crippen molar-refractivity contribution >= 4 is 11.8 Å². The van der Waals surface area contributed by atoms with Crippen molar-refractivity contribution < 1.29 is 9.90 Å². The van der Waals surface area contributed by atoms with Gasteiger partial charge in [0.05, 0.1) is 0 Å². The molecule has 0 atom stereocenters. The first kappa shape index (κ1) is 12.3. The van der Waals surface area contributed by atoms with E-state index in [1.165, 1.54) is 12.1 Å². The second-order valence-corrected chi connectivity index (χ2v) is 5.65. The summed E-state index contributed by atoms with van der Waals surface area (Å²) in [6.45, 7) is 3.47. The number of anilines is 1. The maximum Gasteiger partial charge on any atom is 0.407 e. The monoisotopic (exact) mass is 261 g/mol. The van der Waals surface area contributed by atoms with E-state index in [-0.39, 0.29) is 0 Å². The van der Waals surface area contributed by atoms with Gasteiger partial charge in [-0.15, -0.1) is 0 Å². The standard InChI is InChI=1S/C14H19N3O2/c18-13(19)16-8-3-14(4-9-16)5-10-17(11-14)12-1-6-15-7-2-12/h1-2,6-7H,3-5,8-11H2,(H,18,19). The highest BCUT2D eigenvalue weighted by Gasteiger charge is 2.41. The Morgan fingerprint density at radius 1 is 1.16 bits per heavy atom. The minimum atomic E-state index is -0.779. The van der Waals surface area contributed by atoms with Gasteiger partial charge in [0.25, 0.3) is 0 Å². The van der Waals surface area contributed by atoms with Gasteiger partial charge >= 0.3 is 6.09 Å². The number of carboxylic acid groups (broad SMARTS) is 1. The molecule has 0 saturated carbocycles. The molecule has 1 aromatic heterocycles. The fourth-order valence-electron chi connectivity index (χ4n) is 3.29. The predicted octanol–water partition coefficient (Wildman–Crippen LogP) is 2.05. The number of piperidine rings is 1. The average molecular weight is 261 g/mol. The number of hydrogen-bond acceptors (Lipinski definition) is 3. The van der Waals surface area contributed by atoms with Crippen LogP contribution >= 0.6 is 0 Å². The van der Waals surface area contributed by atoms with Crippen molar-refractivity contribution in [2.24, 2.45) is 5.41 Å². The number of carbonyl (C=O) groups is 1. The zero-order valence-electron chi connectivity index (χ0n) is 11.0. The Morgan fingerprint density at radius 3 is 2.42 bits per heavy atom. The lowest BCUT2D eigenvalue weighted by atomic mass is 9.78. The van der Waals surface area contributed by atoms with Crippen LogP contribution in [-0.4, -0.2) is 47.3 Å². The molecule has 1 spiro atoms. The molecule has 2 aliphatic rings. The van der Waals surface area contributed by atoms with Crippen LogP contribution in [0.1, 0.15) is 19.3 Å². The zero-order valence-corrected chi connectivity index (χ0v) is 11.0. The van der Waals surface area contributed by atoms with E-state index in [0.717, 1.165) is 25.9 Å². The number of likely N-dealkylation sites (tertiary alicyclic amines) is 1. The molecule has 102 valence electrons. The van der Waals surface area contributed by atoms with E-state index in [0.29, 0.717) is 18.5 Å². The van der Waals surface area contributed by atoms with Crippen LogP contribution in [0.5, 0.6) is 0 Å². The lowest BCUT2D eigenvalue weighted by Gasteiger charge is -2.38. The molecule has 1 amide bonds. The Balaban J connectivity index is 1.65. The molecular weight excluding hydrogens is 242 g/mol. The number of rotatable bonds is 1. The quantitative estimate of drug-likeness (QED) is 0.840. The number of nitrogens with zero attached hydrogens (tertiary/aromatic N) is 3. The minimum Gasteiger partial charge on any atom is -0.465 e. The van der Waals surface area contributed by atoms with E-state index in [2.05, 4.69) is 9.88 Å². The van der Waals surface area contributed by atoms with E-state index < -0.39 is 6.09 Å². The van der Waals surface area contributed by atoms with Crippen LogP contribution in [0, 0.1) is 5.41 Å². The van der Waals surface area contributed by atoms with Gasteiger partial charge in [0.1, 0.15) is 0 Å². The highest BCUT2D eigenvalue weighted by molar-refractivity contribution is 5.65. The van der Waals surface area contributed by atoms with E-state index in [1.807, 2.05) is 24.5 Å². The van der Waals surface area contributed by atoms with Crippen LogP contribution in [-0.2, 0) is 0 Å². The summed E-state index contributed by atoms with van der Waals surface area (Å²) >= 11 is 0. The van der Waals surface area contributed by atoms with Crippen molar-refractivity contribution in [2.45, 2.75) is 19.3 Å². The summed E-state index contributed by atoms with van der Waals surface area (Å²) in [5.74, 6) is 0. The maximum atomic E-state index is 11.0. The molecule has 3 heterocycles. The van der Waals surface area contributed by atoms with Crippen LogP contribution in [0.3, 0.4) is 0 Å². The molecule has 0 bridgehead atoms. The molecule has 2 aliphatic heterocycles. The van der Waals surface area contributed by atoms with Gasteiger partial charge in [-0.1, -0.05) is 0 Å². The highest BCUT2D eigenvalue weighted by Crippen LogP contribution is 2.41. The molecule has 5 nitrogen and oxygen atoms in total. The average Bonchev–Trinajstić information content (AvgIpc) is 2.84. The number of pyridine rings is 1. The summed E-state index contributed by atoms with van der Waals surface area (Å²) in [5, 5.41) is 9.01. The van der Waals surface area contributed by atoms with E-state index >= 15 is 0 Å². The van der Waals surface area contributed by atoms with Crippen LogP contribution < -0.4 is 4.90 Å². The van der Waals surface area contributed by atoms with Gasteiger partial charge in [0.2, 0.25) is 0 Å². The molecule has 1 N–H and O–H groups in total. The van der Waals surface area contributed by atoms with Crippen LogP contribution in [0.15, 0.2) is 24.5 Å². The van der Waals surface area contributed by atoms with Gasteiger partial charge < -0.3 is 14.9 Å². The van der Waals surface area contributed by atoms with Gasteiger partial charge in [-0.3, -0.25) is 4.98 Å². The molecule has 0 aliphatic carbocycles. The van der Waals surface area contributed by atoms with Crippen molar-refractivity contribution in [1.82, 2.24) is 9.88 Å². The number of aromatic nitrogens is 1. The summed E-state index contributed by atoms with van der Waals surface area (Å²) < 4.78 is 0. The second kappa shape index (κ2) is 4.72. The minimum absolute atomic E-state index is 0.315. The molecule has 1 aromatic rings. The predicted molar refractivity (Wildman–Crippen MR) is 72.3 cm³/mol. The van der Waals surface area contributed by atoms with Crippen LogP contribution in [0.25, 0.3) is 0 Å². The molecule has 5 heteroatoms. The molecule has 0 aromatic carbocycles. The van der Waals surface area contributed by atoms with Gasteiger partial charge in [-0.05, 0) is 36.8 Å². The Kier molecular flexibility index (Phi) is 3.05. The Morgan fingerprint density at radius 2 is 1.79 bits per heavy atom. The third-order valence-electron chi connectivity index (χ3n) is 4.56. The van der Waals surface area contributed by atoms with Gasteiger partial charge in [0, 0.05) is 44.3 Å². The van der Waals surface area contributed by atoms with Gasteiger partial charge in [-0.2, -0.15) is 0 Å². The molecule has 2 fully saturated rings. The molecule has 3 rings (SSSR count). The zero-order chi connectivity index (χ0) is 13.3. The maximum absolute atomic E-state index is 11.0. The van der Waals surface area contributed by atoms with Crippen molar-refractivity contribution in [3.8, 4) is 0 Å². The SMILES string of the molecule is O=C(O)N1CCC2(CC1)CCN(c1ccncc1)C2. The van der Waals surface area contributed by atoms with Gasteiger partial charge in [0.15, 0.2) is 0 Å². The molecule has 19 heavy (non-hydrogen) atoms. The van der Waals surface area contributed by atoms with Gasteiger partial charge in [-0.25, -0.2) is 4.79 Å². The fraction of sp³-hybridized carbons (Fsp3) is 0.571. The Bertz CT molecular complexity index is 455. The Labute approximate surface area is 112 Å². The smallest absolute Gasteiger partial charge is 0.407 e. The van der Waals surface area contributed by atoms with E-state index in [1.54, 1.807) is 4.90 Å². The van der Waals surface area contributed by atoms with E-state index in [9.17, 15) is 4.79 Å². The normalized spacial score (nSPS) is 21.9. The second-order valence-electron chi connectivity index (χ2n) is 5.65. The highest BCUT2D eigenvalue weighted by atomic mass is 16.4. The fourth-order valence-corrected chi connectivity index (χ4v) is 3.29. The van der Waals surface area contributed by atoms with E-state index in [4.69, 9.17) is 5.11 Å². The first-order chi connectivity index (χ1) is 9.19.